The summed E-state index contributed by atoms with van der Waals surface area (Å²) in [4.78, 5) is 26.2. The quantitative estimate of drug-likeness (QED) is 0.429. The number of fused-ring (bicyclic) bond motifs is 1. The number of ether oxygens (including phenoxy) is 3. The Morgan fingerprint density at radius 3 is 2.53 bits per heavy atom. The normalized spacial score (nSPS) is 14.1. The number of hydrogen-bond donors (Lipinski definition) is 0. The van der Waals surface area contributed by atoms with Gasteiger partial charge >= 0.3 is 29.6 Å². The number of carboxylic acids is 1. The van der Waals surface area contributed by atoms with E-state index in [4.69, 9.17) is 37.4 Å². The fourth-order valence-electron chi connectivity index (χ4n) is 4.00. The minimum atomic E-state index is -1.14. The van der Waals surface area contributed by atoms with Crippen molar-refractivity contribution >= 4 is 40.8 Å². The molecule has 0 aromatic heterocycles. The molecule has 0 saturated carbocycles. The number of halogens is 2. The van der Waals surface area contributed by atoms with Gasteiger partial charge in [-0.25, -0.2) is 0 Å². The number of amides is 1. The van der Waals surface area contributed by atoms with Crippen molar-refractivity contribution < 1.29 is 58.5 Å². The molecular weight excluding hydrogens is 516 g/mol. The van der Waals surface area contributed by atoms with E-state index in [1.807, 2.05) is 6.92 Å². The van der Waals surface area contributed by atoms with Crippen molar-refractivity contribution in [3.63, 3.8) is 0 Å². The van der Waals surface area contributed by atoms with Crippen LogP contribution in [-0.2, 0) is 4.79 Å². The van der Waals surface area contributed by atoms with E-state index in [0.717, 1.165) is 0 Å². The van der Waals surface area contributed by atoms with Crippen molar-refractivity contribution in [3.05, 3.63) is 75.8 Å². The molecule has 4 rings (SSSR count). The third-order valence-electron chi connectivity index (χ3n) is 5.72. The summed E-state index contributed by atoms with van der Waals surface area (Å²) in [6.07, 6.45) is 0.353. The van der Waals surface area contributed by atoms with Crippen LogP contribution in [0.15, 0.2) is 54.6 Å². The van der Waals surface area contributed by atoms with Crippen LogP contribution < -0.4 is 53.8 Å². The summed E-state index contributed by atoms with van der Waals surface area (Å²) in [6.45, 7) is 2.47. The van der Waals surface area contributed by atoms with Gasteiger partial charge in [-0.2, -0.15) is 0 Å². The molecule has 0 aliphatic carbocycles. The predicted octanol–water partition coefficient (Wildman–Crippen LogP) is 2.08. The number of carbonyl (C=O) groups excluding carboxylic acids is 2. The minimum absolute atomic E-state index is 0. The van der Waals surface area contributed by atoms with E-state index in [-0.39, 0.29) is 47.1 Å². The van der Waals surface area contributed by atoms with E-state index in [0.29, 0.717) is 57.8 Å². The second kappa shape index (κ2) is 12.2. The Bertz CT molecular complexity index is 1290. The van der Waals surface area contributed by atoms with Crippen molar-refractivity contribution in [3.8, 4) is 23.0 Å². The first-order chi connectivity index (χ1) is 16.8. The number of methoxy groups -OCH3 is 1. The van der Waals surface area contributed by atoms with Crippen molar-refractivity contribution in [1.29, 1.82) is 0 Å². The Labute approximate surface area is 241 Å². The summed E-state index contributed by atoms with van der Waals surface area (Å²) in [5.74, 6) is -0.509. The van der Waals surface area contributed by atoms with Gasteiger partial charge in [-0.05, 0) is 49.7 Å². The summed E-state index contributed by atoms with van der Waals surface area (Å²) in [5, 5.41) is 12.0. The predicted molar refractivity (Wildman–Crippen MR) is 131 cm³/mol. The molecule has 1 heterocycles. The van der Waals surface area contributed by atoms with Crippen molar-refractivity contribution in [2.75, 3.05) is 25.2 Å². The zero-order chi connectivity index (χ0) is 25.1. The second-order valence-corrected chi connectivity index (χ2v) is 8.61. The van der Waals surface area contributed by atoms with Gasteiger partial charge in [-0.3, -0.25) is 4.79 Å². The van der Waals surface area contributed by atoms with Crippen molar-refractivity contribution in [1.82, 2.24) is 0 Å². The number of benzene rings is 3. The summed E-state index contributed by atoms with van der Waals surface area (Å²) >= 11 is 12.8. The van der Waals surface area contributed by atoms with Crippen LogP contribution in [0.25, 0.3) is 0 Å². The van der Waals surface area contributed by atoms with Crippen LogP contribution in [-0.4, -0.2) is 32.1 Å². The molecule has 1 aliphatic rings. The van der Waals surface area contributed by atoms with Gasteiger partial charge in [-0.1, -0.05) is 35.3 Å². The maximum Gasteiger partial charge on any atom is 1.00 e. The summed E-state index contributed by atoms with van der Waals surface area (Å²) in [5.41, 5.74) is 1.37. The molecule has 0 bridgehead atoms. The number of aliphatic carboxylic acids is 1. The van der Waals surface area contributed by atoms with Gasteiger partial charge in [0.15, 0.2) is 0 Å². The van der Waals surface area contributed by atoms with Crippen LogP contribution in [0.3, 0.4) is 0 Å². The molecule has 0 fully saturated rings. The van der Waals surface area contributed by atoms with Gasteiger partial charge in [-0.15, -0.1) is 0 Å². The molecule has 1 atom stereocenters. The Kier molecular flexibility index (Phi) is 9.55. The van der Waals surface area contributed by atoms with Crippen molar-refractivity contribution in [2.45, 2.75) is 19.3 Å². The molecule has 3 aromatic rings. The van der Waals surface area contributed by atoms with Crippen LogP contribution >= 0.6 is 23.2 Å². The van der Waals surface area contributed by atoms with E-state index >= 15 is 0 Å². The SMILES string of the molecule is CCN(C(=O)c1ccc(Oc2ccc3c(c2)OCCC3C(=O)[O-])c(Cl)c1)c1c(Cl)cccc1OC.[Na+]. The molecular formula is C26H22Cl2NNaO6. The largest absolute Gasteiger partial charge is 1.00 e. The zero-order valence-electron chi connectivity index (χ0n) is 20.0. The molecule has 0 saturated heterocycles. The van der Waals surface area contributed by atoms with Crippen LogP contribution in [0.4, 0.5) is 5.69 Å². The average molecular weight is 538 g/mol. The van der Waals surface area contributed by atoms with E-state index in [1.165, 1.54) is 18.1 Å². The van der Waals surface area contributed by atoms with E-state index in [1.54, 1.807) is 48.5 Å². The monoisotopic (exact) mass is 537 g/mol. The molecule has 7 nitrogen and oxygen atoms in total. The topological polar surface area (TPSA) is 88.1 Å². The fourth-order valence-corrected chi connectivity index (χ4v) is 4.49. The molecule has 182 valence electrons. The maximum atomic E-state index is 13.3. The average Bonchev–Trinajstić information content (AvgIpc) is 2.85. The van der Waals surface area contributed by atoms with Gasteiger partial charge < -0.3 is 29.0 Å². The molecule has 0 radical (unpaired) electrons. The number of para-hydroxylation sites is 1. The molecule has 1 unspecified atom stereocenters. The summed E-state index contributed by atoms with van der Waals surface area (Å²) in [7, 11) is 1.51. The van der Waals surface area contributed by atoms with Gasteiger partial charge in [0.05, 0.1) is 23.8 Å². The van der Waals surface area contributed by atoms with Crippen LogP contribution in [0.5, 0.6) is 23.0 Å². The first kappa shape index (κ1) is 28.2. The van der Waals surface area contributed by atoms with Crippen LogP contribution in [0.1, 0.15) is 35.2 Å². The Balaban J connectivity index is 0.00000361. The molecule has 1 aliphatic heterocycles. The maximum absolute atomic E-state index is 13.3. The number of hydrogen-bond acceptors (Lipinski definition) is 6. The first-order valence-corrected chi connectivity index (χ1v) is 11.7. The smallest absolute Gasteiger partial charge is 0.549 e. The zero-order valence-corrected chi connectivity index (χ0v) is 23.6. The number of anilines is 1. The first-order valence-electron chi connectivity index (χ1n) is 10.9. The molecule has 3 aromatic carbocycles. The summed E-state index contributed by atoms with van der Waals surface area (Å²) < 4.78 is 16.9. The second-order valence-electron chi connectivity index (χ2n) is 7.80. The van der Waals surface area contributed by atoms with Gasteiger partial charge in [0.25, 0.3) is 5.91 Å². The number of carboxylic acid groups (broad SMARTS) is 1. The number of rotatable bonds is 7. The standard InChI is InChI=1S/C26H23Cl2NO6.Na/c1-3-29(24-19(27)5-4-6-22(24)33-2)25(30)15-7-10-21(20(28)13-15)35-16-8-9-17-18(26(31)32)11-12-34-23(17)14-16;/h4-10,13-14,18H,3,11-12H2,1-2H3,(H,31,32);/q;+1/p-1. The summed E-state index contributed by atoms with van der Waals surface area (Å²) in [6, 6.07) is 14.8. The van der Waals surface area contributed by atoms with Gasteiger partial charge in [0.2, 0.25) is 0 Å². The van der Waals surface area contributed by atoms with E-state index in [2.05, 4.69) is 0 Å². The Morgan fingerprint density at radius 1 is 1.08 bits per heavy atom. The third kappa shape index (κ3) is 5.76. The van der Waals surface area contributed by atoms with Crippen LogP contribution in [0, 0.1) is 0 Å². The van der Waals surface area contributed by atoms with Crippen LogP contribution in [0.2, 0.25) is 10.0 Å². The molecule has 1 amide bonds. The molecule has 0 N–H and O–H groups in total. The fraction of sp³-hybridized carbons (Fsp3) is 0.231. The van der Waals surface area contributed by atoms with Crippen molar-refractivity contribution in [2.24, 2.45) is 0 Å². The van der Waals surface area contributed by atoms with E-state index in [9.17, 15) is 14.7 Å². The molecule has 10 heteroatoms. The Hall–Kier alpha value is -2.42. The van der Waals surface area contributed by atoms with Gasteiger partial charge in [0, 0.05) is 35.6 Å². The number of carbonyl (C=O) groups is 2. The molecule has 0 spiro atoms. The minimum Gasteiger partial charge on any atom is -0.549 e. The third-order valence-corrected chi connectivity index (χ3v) is 6.32. The van der Waals surface area contributed by atoms with E-state index < -0.39 is 11.9 Å². The van der Waals surface area contributed by atoms with Gasteiger partial charge in [0.1, 0.15) is 28.7 Å². The molecule has 36 heavy (non-hydrogen) atoms. The number of nitrogens with zero attached hydrogens (tertiary/aromatic N) is 1. The Morgan fingerprint density at radius 2 is 1.86 bits per heavy atom.